The molecule has 5 heteroatoms. The lowest BCUT2D eigenvalue weighted by atomic mass is 9.43. The first kappa shape index (κ1) is 18.0. The molecule has 1 saturated heterocycles. The average Bonchev–Trinajstić information content (AvgIpc) is 3.02. The molecule has 5 rings (SSSR count). The highest BCUT2D eigenvalue weighted by atomic mass is 16.6. The standard InChI is InChI=1S/C22H32O5/c1-12(23)26-14-6-8-20(2)13(10-14)4-5-15-17(20)11-18(24)21(3)16-7-9-22(15,21)27-19(16)25/h13-18,24H,4-11H2,1-3H3/t13-,14+,15-,16-,17+,18+,20+,21+,22+/m1/s1. The number of aliphatic hydroxyl groups is 1. The quantitative estimate of drug-likeness (QED) is 0.712. The zero-order valence-corrected chi connectivity index (χ0v) is 16.7. The van der Waals surface area contributed by atoms with E-state index in [4.69, 9.17) is 9.47 Å². The van der Waals surface area contributed by atoms with Gasteiger partial charge in [0.2, 0.25) is 0 Å². The summed E-state index contributed by atoms with van der Waals surface area (Å²) in [4.78, 5) is 23.9. The van der Waals surface area contributed by atoms with Crippen LogP contribution in [-0.2, 0) is 19.1 Å². The van der Waals surface area contributed by atoms with Crippen LogP contribution in [0.2, 0.25) is 0 Å². The van der Waals surface area contributed by atoms with Crippen molar-refractivity contribution in [2.24, 2.45) is 34.5 Å². The van der Waals surface area contributed by atoms with Gasteiger partial charge in [0, 0.05) is 18.3 Å². The molecule has 2 bridgehead atoms. The lowest BCUT2D eigenvalue weighted by molar-refractivity contribution is -0.228. The molecule has 150 valence electrons. The molecule has 5 nitrogen and oxygen atoms in total. The van der Waals surface area contributed by atoms with Gasteiger partial charge in [-0.1, -0.05) is 13.8 Å². The molecule has 0 amide bonds. The maximum absolute atomic E-state index is 12.5. The summed E-state index contributed by atoms with van der Waals surface area (Å²) in [6, 6.07) is 0. The van der Waals surface area contributed by atoms with E-state index in [-0.39, 0.29) is 29.4 Å². The highest BCUT2D eigenvalue weighted by Crippen LogP contribution is 2.72. The zero-order valence-electron chi connectivity index (χ0n) is 16.7. The minimum Gasteiger partial charge on any atom is -0.463 e. The van der Waals surface area contributed by atoms with Crippen molar-refractivity contribution < 1.29 is 24.2 Å². The molecular formula is C22H32O5. The summed E-state index contributed by atoms with van der Waals surface area (Å²) < 4.78 is 11.7. The average molecular weight is 376 g/mol. The van der Waals surface area contributed by atoms with Gasteiger partial charge in [0.05, 0.1) is 12.0 Å². The number of aliphatic hydroxyl groups excluding tert-OH is 1. The van der Waals surface area contributed by atoms with Gasteiger partial charge in [-0.25, -0.2) is 0 Å². The molecule has 0 spiro atoms. The predicted octanol–water partition coefficient (Wildman–Crippen LogP) is 3.23. The monoisotopic (exact) mass is 376 g/mol. The molecule has 4 saturated carbocycles. The molecule has 0 aromatic carbocycles. The second-order valence-corrected chi connectivity index (χ2v) is 10.4. The smallest absolute Gasteiger partial charge is 0.310 e. The molecule has 1 aliphatic heterocycles. The van der Waals surface area contributed by atoms with Crippen LogP contribution >= 0.6 is 0 Å². The molecular weight excluding hydrogens is 344 g/mol. The third-order valence-electron chi connectivity index (χ3n) is 9.75. The third kappa shape index (κ3) is 2.05. The molecule has 1 heterocycles. The van der Waals surface area contributed by atoms with Gasteiger partial charge in [0.15, 0.2) is 0 Å². The first-order chi connectivity index (χ1) is 12.7. The van der Waals surface area contributed by atoms with Gasteiger partial charge in [-0.15, -0.1) is 0 Å². The van der Waals surface area contributed by atoms with E-state index in [1.165, 1.54) is 6.92 Å². The van der Waals surface area contributed by atoms with Gasteiger partial charge in [-0.05, 0) is 68.6 Å². The van der Waals surface area contributed by atoms with E-state index in [1.54, 1.807) is 0 Å². The van der Waals surface area contributed by atoms with Gasteiger partial charge in [0.25, 0.3) is 0 Å². The number of hydrogen-bond acceptors (Lipinski definition) is 5. The van der Waals surface area contributed by atoms with Crippen LogP contribution in [0.3, 0.4) is 0 Å². The summed E-state index contributed by atoms with van der Waals surface area (Å²) >= 11 is 0. The summed E-state index contributed by atoms with van der Waals surface area (Å²) in [7, 11) is 0. The Hall–Kier alpha value is -1.10. The van der Waals surface area contributed by atoms with Crippen molar-refractivity contribution in [2.75, 3.05) is 0 Å². The molecule has 0 radical (unpaired) electrons. The topological polar surface area (TPSA) is 72.8 Å². The Morgan fingerprint density at radius 2 is 1.89 bits per heavy atom. The van der Waals surface area contributed by atoms with Crippen LogP contribution in [0.1, 0.15) is 72.1 Å². The third-order valence-corrected chi connectivity index (χ3v) is 9.75. The van der Waals surface area contributed by atoms with Crippen LogP contribution in [0.15, 0.2) is 0 Å². The number of fused-ring (bicyclic) bond motifs is 3. The number of hydrogen-bond donors (Lipinski definition) is 1. The van der Waals surface area contributed by atoms with E-state index in [0.717, 1.165) is 51.4 Å². The molecule has 0 unspecified atom stereocenters. The van der Waals surface area contributed by atoms with Crippen LogP contribution in [-0.4, -0.2) is 34.9 Å². The van der Waals surface area contributed by atoms with Crippen molar-refractivity contribution in [3.05, 3.63) is 0 Å². The van der Waals surface area contributed by atoms with Gasteiger partial charge in [-0.2, -0.15) is 0 Å². The number of ether oxygens (including phenoxy) is 2. The maximum atomic E-state index is 12.5. The Bertz CT molecular complexity index is 690. The van der Waals surface area contributed by atoms with E-state index in [0.29, 0.717) is 17.8 Å². The highest BCUT2D eigenvalue weighted by molar-refractivity contribution is 5.79. The Balaban J connectivity index is 1.47. The SMILES string of the molecule is CC(=O)O[C@H]1CC[C@@]2(C)[C@H](CC[C@@H]3[C@@H]2C[C@H](O)[C@]2(C)[C@@H]4CC[C@]32OC4=O)C1. The van der Waals surface area contributed by atoms with E-state index >= 15 is 0 Å². The summed E-state index contributed by atoms with van der Waals surface area (Å²) in [6.45, 7) is 5.99. The van der Waals surface area contributed by atoms with Crippen LogP contribution in [0.5, 0.6) is 0 Å². The fourth-order valence-corrected chi connectivity index (χ4v) is 8.35. The number of carbonyl (C=O) groups excluding carboxylic acids is 2. The van der Waals surface area contributed by atoms with Gasteiger partial charge in [0.1, 0.15) is 11.7 Å². The molecule has 5 aliphatic rings. The highest BCUT2D eigenvalue weighted by Gasteiger charge is 2.77. The number of carbonyl (C=O) groups is 2. The molecule has 9 atom stereocenters. The second-order valence-electron chi connectivity index (χ2n) is 10.4. The molecule has 27 heavy (non-hydrogen) atoms. The molecule has 5 fully saturated rings. The second kappa shape index (κ2) is 5.49. The molecule has 1 N–H and O–H groups in total. The minimum atomic E-state index is -0.473. The Kier molecular flexibility index (Phi) is 3.65. The van der Waals surface area contributed by atoms with Crippen molar-refractivity contribution in [1.82, 2.24) is 0 Å². The van der Waals surface area contributed by atoms with E-state index in [9.17, 15) is 14.7 Å². The number of esters is 2. The zero-order chi connectivity index (χ0) is 19.2. The van der Waals surface area contributed by atoms with Crippen LogP contribution < -0.4 is 0 Å². The lowest BCUT2D eigenvalue weighted by Crippen LogP contribution is -2.65. The van der Waals surface area contributed by atoms with Gasteiger partial charge in [-0.3, -0.25) is 9.59 Å². The maximum Gasteiger partial charge on any atom is 0.310 e. The van der Waals surface area contributed by atoms with Crippen LogP contribution in [0.25, 0.3) is 0 Å². The normalized spacial score (nSPS) is 55.9. The largest absolute Gasteiger partial charge is 0.463 e. The van der Waals surface area contributed by atoms with Crippen molar-refractivity contribution in [3.63, 3.8) is 0 Å². The van der Waals surface area contributed by atoms with Crippen LogP contribution in [0.4, 0.5) is 0 Å². The van der Waals surface area contributed by atoms with Crippen LogP contribution in [0, 0.1) is 34.5 Å². The molecule has 4 aliphatic carbocycles. The fraction of sp³-hybridized carbons (Fsp3) is 0.909. The Labute approximate surface area is 161 Å². The van der Waals surface area contributed by atoms with Gasteiger partial charge < -0.3 is 14.6 Å². The molecule has 0 aromatic rings. The summed E-state index contributed by atoms with van der Waals surface area (Å²) in [5.41, 5.74) is -0.745. The van der Waals surface area contributed by atoms with E-state index in [1.807, 2.05) is 0 Å². The van der Waals surface area contributed by atoms with Gasteiger partial charge >= 0.3 is 11.9 Å². The minimum absolute atomic E-state index is 0.0363. The van der Waals surface area contributed by atoms with E-state index in [2.05, 4.69) is 13.8 Å². The lowest BCUT2D eigenvalue weighted by Gasteiger charge is -2.63. The van der Waals surface area contributed by atoms with Crippen molar-refractivity contribution in [1.29, 1.82) is 0 Å². The first-order valence-corrected chi connectivity index (χ1v) is 10.8. The van der Waals surface area contributed by atoms with E-state index < -0.39 is 17.1 Å². The predicted molar refractivity (Wildman–Crippen MR) is 97.5 cm³/mol. The number of rotatable bonds is 1. The van der Waals surface area contributed by atoms with Crippen molar-refractivity contribution in [2.45, 2.75) is 89.9 Å². The fourth-order valence-electron chi connectivity index (χ4n) is 8.35. The summed E-state index contributed by atoms with van der Waals surface area (Å²) in [6.07, 6.45) is 7.13. The summed E-state index contributed by atoms with van der Waals surface area (Å²) in [5, 5.41) is 11.2. The molecule has 0 aromatic heterocycles. The van der Waals surface area contributed by atoms with Crippen molar-refractivity contribution >= 4 is 11.9 Å². The Morgan fingerprint density at radius 3 is 2.59 bits per heavy atom. The first-order valence-electron chi connectivity index (χ1n) is 10.8. The Morgan fingerprint density at radius 1 is 1.11 bits per heavy atom. The van der Waals surface area contributed by atoms with Crippen molar-refractivity contribution in [3.8, 4) is 0 Å². The summed E-state index contributed by atoms with van der Waals surface area (Å²) in [5.74, 6) is 0.859.